The third-order valence-electron chi connectivity index (χ3n) is 5.00. The summed E-state index contributed by atoms with van der Waals surface area (Å²) in [6, 6.07) is 8.59. The van der Waals surface area contributed by atoms with Gasteiger partial charge in [-0.3, -0.25) is 9.69 Å². The average Bonchev–Trinajstić information content (AvgIpc) is 3.20. The van der Waals surface area contributed by atoms with Crippen LogP contribution in [0.5, 0.6) is 11.5 Å². The van der Waals surface area contributed by atoms with Crippen LogP contribution >= 0.6 is 0 Å². The van der Waals surface area contributed by atoms with E-state index in [2.05, 4.69) is 18.4 Å². The molecule has 4 rings (SSSR count). The zero-order valence-electron chi connectivity index (χ0n) is 15.0. The van der Waals surface area contributed by atoms with Gasteiger partial charge in [-0.25, -0.2) is 0 Å². The summed E-state index contributed by atoms with van der Waals surface area (Å²) in [6.07, 6.45) is 2.46. The molecule has 0 radical (unpaired) electrons. The fourth-order valence-corrected chi connectivity index (χ4v) is 3.69. The lowest BCUT2D eigenvalue weighted by Gasteiger charge is -2.16. The van der Waals surface area contributed by atoms with Crippen LogP contribution in [-0.4, -0.2) is 35.6 Å². The minimum absolute atomic E-state index is 0.184. The van der Waals surface area contributed by atoms with Crippen molar-refractivity contribution in [1.82, 2.24) is 9.47 Å². The topological polar surface area (TPSA) is 43.7 Å². The van der Waals surface area contributed by atoms with Crippen LogP contribution < -0.4 is 9.47 Å². The summed E-state index contributed by atoms with van der Waals surface area (Å²) in [4.78, 5) is 14.8. The third kappa shape index (κ3) is 3.16. The summed E-state index contributed by atoms with van der Waals surface area (Å²) in [5, 5.41) is 0. The molecular formula is C20H24N2O3. The lowest BCUT2D eigenvalue weighted by atomic mass is 10.1. The number of ketones is 1. The van der Waals surface area contributed by atoms with Crippen LogP contribution in [0.1, 0.15) is 46.2 Å². The maximum atomic E-state index is 12.8. The number of aromatic nitrogens is 1. The van der Waals surface area contributed by atoms with Crippen molar-refractivity contribution >= 4 is 5.78 Å². The Morgan fingerprint density at radius 3 is 2.72 bits per heavy atom. The van der Waals surface area contributed by atoms with E-state index in [-0.39, 0.29) is 12.6 Å². The van der Waals surface area contributed by atoms with E-state index in [0.717, 1.165) is 28.3 Å². The van der Waals surface area contributed by atoms with Crippen molar-refractivity contribution < 1.29 is 14.3 Å². The Bertz CT molecular complexity index is 821. The number of benzene rings is 1. The van der Waals surface area contributed by atoms with Gasteiger partial charge in [0.2, 0.25) is 6.79 Å². The predicted octanol–water partition coefficient (Wildman–Crippen LogP) is 3.48. The first-order chi connectivity index (χ1) is 12.0. The second-order valence-electron chi connectivity index (χ2n) is 7.17. The largest absolute Gasteiger partial charge is 0.454 e. The maximum absolute atomic E-state index is 12.8. The SMILES string of the molecule is Cc1cc(C(=O)CN(C)Cc2ccc3c(c2)OCO3)c(C)n1C1CC1. The molecule has 1 aliphatic heterocycles. The molecule has 0 spiro atoms. The average molecular weight is 340 g/mol. The van der Waals surface area contributed by atoms with Crippen molar-refractivity contribution in [3.05, 3.63) is 46.8 Å². The summed E-state index contributed by atoms with van der Waals surface area (Å²) in [7, 11) is 1.97. The molecule has 25 heavy (non-hydrogen) atoms. The molecule has 0 unspecified atom stereocenters. The van der Waals surface area contributed by atoms with Crippen LogP contribution in [0, 0.1) is 13.8 Å². The minimum atomic E-state index is 0.184. The van der Waals surface area contributed by atoms with Gasteiger partial charge in [-0.05, 0) is 57.5 Å². The van der Waals surface area contributed by atoms with Crippen LogP contribution in [0.25, 0.3) is 0 Å². The first-order valence-corrected chi connectivity index (χ1v) is 8.81. The first kappa shape index (κ1) is 16.2. The monoisotopic (exact) mass is 340 g/mol. The van der Waals surface area contributed by atoms with Crippen molar-refractivity contribution in [2.75, 3.05) is 20.4 Å². The second kappa shape index (κ2) is 6.23. The summed E-state index contributed by atoms with van der Waals surface area (Å²) in [6.45, 7) is 5.55. The molecule has 2 heterocycles. The number of likely N-dealkylation sites (N-methyl/N-ethyl adjacent to an activating group) is 1. The van der Waals surface area contributed by atoms with Gasteiger partial charge in [-0.2, -0.15) is 0 Å². The van der Waals surface area contributed by atoms with Gasteiger partial charge in [0.15, 0.2) is 17.3 Å². The van der Waals surface area contributed by atoms with E-state index in [1.54, 1.807) is 0 Å². The van der Waals surface area contributed by atoms with Gasteiger partial charge in [0, 0.05) is 29.5 Å². The molecule has 5 heteroatoms. The van der Waals surface area contributed by atoms with Gasteiger partial charge in [0.1, 0.15) is 0 Å². The van der Waals surface area contributed by atoms with Gasteiger partial charge in [0.25, 0.3) is 0 Å². The van der Waals surface area contributed by atoms with E-state index in [4.69, 9.17) is 9.47 Å². The number of nitrogens with zero attached hydrogens (tertiary/aromatic N) is 2. The molecule has 1 saturated carbocycles. The molecule has 0 N–H and O–H groups in total. The van der Waals surface area contributed by atoms with Gasteiger partial charge < -0.3 is 14.0 Å². The fourth-order valence-electron chi connectivity index (χ4n) is 3.69. The molecule has 1 aromatic carbocycles. The Hall–Kier alpha value is -2.27. The van der Waals surface area contributed by atoms with E-state index >= 15 is 0 Å². The molecule has 0 saturated heterocycles. The van der Waals surface area contributed by atoms with E-state index < -0.39 is 0 Å². The van der Waals surface area contributed by atoms with Gasteiger partial charge in [0.05, 0.1) is 6.54 Å². The molecule has 1 fully saturated rings. The predicted molar refractivity (Wildman–Crippen MR) is 95.4 cm³/mol. The Balaban J connectivity index is 1.43. The molecule has 132 valence electrons. The molecule has 2 aromatic rings. The fraction of sp³-hybridized carbons (Fsp3) is 0.450. The van der Waals surface area contributed by atoms with Gasteiger partial charge in [-0.1, -0.05) is 6.07 Å². The van der Waals surface area contributed by atoms with Crippen LogP contribution in [0.2, 0.25) is 0 Å². The molecule has 2 aliphatic rings. The van der Waals surface area contributed by atoms with Crippen molar-refractivity contribution in [3.8, 4) is 11.5 Å². The van der Waals surface area contributed by atoms with Crippen molar-refractivity contribution in [2.45, 2.75) is 39.3 Å². The summed E-state index contributed by atoms with van der Waals surface area (Å²) >= 11 is 0. The number of rotatable bonds is 6. The van der Waals surface area contributed by atoms with Crippen LogP contribution in [0.15, 0.2) is 24.3 Å². The van der Waals surface area contributed by atoms with E-state index in [1.165, 1.54) is 18.5 Å². The maximum Gasteiger partial charge on any atom is 0.231 e. The van der Waals surface area contributed by atoms with Gasteiger partial charge >= 0.3 is 0 Å². The molecular weight excluding hydrogens is 316 g/mol. The Morgan fingerprint density at radius 2 is 1.96 bits per heavy atom. The number of carbonyl (C=O) groups is 1. The lowest BCUT2D eigenvalue weighted by Crippen LogP contribution is -2.26. The van der Waals surface area contributed by atoms with Crippen molar-refractivity contribution in [3.63, 3.8) is 0 Å². The number of hydrogen-bond donors (Lipinski definition) is 0. The quantitative estimate of drug-likeness (QED) is 0.755. The second-order valence-corrected chi connectivity index (χ2v) is 7.17. The van der Waals surface area contributed by atoms with Crippen molar-refractivity contribution in [2.24, 2.45) is 0 Å². The molecule has 1 aliphatic carbocycles. The van der Waals surface area contributed by atoms with E-state index in [1.807, 2.05) is 36.2 Å². The van der Waals surface area contributed by atoms with Crippen LogP contribution in [0.4, 0.5) is 0 Å². The number of Topliss-reactive ketones (excluding diaryl/α,β-unsaturated/α-hetero) is 1. The number of fused-ring (bicyclic) bond motifs is 1. The van der Waals surface area contributed by atoms with Crippen molar-refractivity contribution in [1.29, 1.82) is 0 Å². The highest BCUT2D eigenvalue weighted by Crippen LogP contribution is 2.38. The van der Waals surface area contributed by atoms with Crippen LogP contribution in [0.3, 0.4) is 0 Å². The summed E-state index contributed by atoms with van der Waals surface area (Å²) < 4.78 is 13.1. The molecule has 5 nitrogen and oxygen atoms in total. The number of hydrogen-bond acceptors (Lipinski definition) is 4. The van der Waals surface area contributed by atoms with E-state index in [9.17, 15) is 4.79 Å². The Morgan fingerprint density at radius 1 is 1.20 bits per heavy atom. The van der Waals surface area contributed by atoms with Crippen LogP contribution in [-0.2, 0) is 6.54 Å². The zero-order chi connectivity index (χ0) is 17.6. The summed E-state index contributed by atoms with van der Waals surface area (Å²) in [5.41, 5.74) is 4.29. The first-order valence-electron chi connectivity index (χ1n) is 8.81. The highest BCUT2D eigenvalue weighted by Gasteiger charge is 2.28. The third-order valence-corrected chi connectivity index (χ3v) is 5.00. The Labute approximate surface area is 148 Å². The number of carbonyl (C=O) groups excluding carboxylic acids is 1. The lowest BCUT2D eigenvalue weighted by molar-refractivity contribution is 0.0942. The number of ether oxygens (including phenoxy) is 2. The molecule has 0 atom stereocenters. The molecule has 1 aromatic heterocycles. The zero-order valence-corrected chi connectivity index (χ0v) is 15.0. The standard InChI is InChI=1S/C20H24N2O3/c1-13-8-17(14(2)22(13)16-5-6-16)18(23)11-21(3)10-15-4-7-19-20(9-15)25-12-24-19/h4,7-9,16H,5-6,10-12H2,1-3H3. The minimum Gasteiger partial charge on any atom is -0.454 e. The smallest absolute Gasteiger partial charge is 0.231 e. The number of aryl methyl sites for hydroxylation is 1. The normalized spacial score (nSPS) is 15.8. The highest BCUT2D eigenvalue weighted by atomic mass is 16.7. The summed E-state index contributed by atoms with van der Waals surface area (Å²) in [5.74, 6) is 1.75. The molecule has 0 amide bonds. The Kier molecular flexibility index (Phi) is 4.04. The molecule has 0 bridgehead atoms. The highest BCUT2D eigenvalue weighted by molar-refractivity contribution is 5.99. The van der Waals surface area contributed by atoms with Gasteiger partial charge in [-0.15, -0.1) is 0 Å². The van der Waals surface area contributed by atoms with E-state index in [0.29, 0.717) is 19.1 Å².